The van der Waals surface area contributed by atoms with Crippen molar-refractivity contribution in [3.63, 3.8) is 0 Å². The fraction of sp³-hybridized carbons (Fsp3) is 0.211. The molecular weight excluding hydrogens is 276 g/mol. The highest BCUT2D eigenvalue weighted by atomic mass is 16.5. The van der Waals surface area contributed by atoms with Crippen LogP contribution in [0.4, 0.5) is 0 Å². The molecule has 0 aliphatic heterocycles. The monoisotopic (exact) mass is 294 g/mol. The molecule has 3 rings (SSSR count). The van der Waals surface area contributed by atoms with Crippen molar-refractivity contribution in [2.45, 2.75) is 27.4 Å². The van der Waals surface area contributed by atoms with Crippen molar-refractivity contribution in [3.8, 4) is 5.75 Å². The third-order valence-electron chi connectivity index (χ3n) is 3.82. The van der Waals surface area contributed by atoms with Crippen molar-refractivity contribution < 1.29 is 9.15 Å². The maximum absolute atomic E-state index is 11.5. The van der Waals surface area contributed by atoms with Gasteiger partial charge in [0.25, 0.3) is 0 Å². The third kappa shape index (κ3) is 2.89. The van der Waals surface area contributed by atoms with Gasteiger partial charge in [-0.3, -0.25) is 0 Å². The molecule has 1 heterocycles. The topological polar surface area (TPSA) is 39.4 Å². The Morgan fingerprint density at radius 1 is 0.955 bits per heavy atom. The lowest BCUT2D eigenvalue weighted by Gasteiger charge is -2.10. The summed E-state index contributed by atoms with van der Waals surface area (Å²) in [5.74, 6) is 0.696. The Kier molecular flexibility index (Phi) is 3.72. The van der Waals surface area contributed by atoms with Crippen molar-refractivity contribution in [3.05, 3.63) is 75.1 Å². The van der Waals surface area contributed by atoms with E-state index in [1.165, 1.54) is 17.2 Å². The van der Waals surface area contributed by atoms with Crippen LogP contribution in [0.5, 0.6) is 5.75 Å². The van der Waals surface area contributed by atoms with E-state index < -0.39 is 0 Å². The van der Waals surface area contributed by atoms with Crippen molar-refractivity contribution in [1.82, 2.24) is 0 Å². The summed E-state index contributed by atoms with van der Waals surface area (Å²) in [4.78, 5) is 11.5. The molecule has 0 fully saturated rings. The Hall–Kier alpha value is -2.55. The molecule has 0 saturated carbocycles. The van der Waals surface area contributed by atoms with Gasteiger partial charge in [0.15, 0.2) is 0 Å². The highest BCUT2D eigenvalue weighted by Crippen LogP contribution is 2.23. The summed E-state index contributed by atoms with van der Waals surface area (Å²) in [6, 6.07) is 13.4. The lowest BCUT2D eigenvalue weighted by molar-refractivity contribution is 0.305. The van der Waals surface area contributed by atoms with E-state index in [1.807, 2.05) is 19.1 Å². The molecule has 0 radical (unpaired) electrons. The number of benzene rings is 2. The average Bonchev–Trinajstić information content (AvgIpc) is 2.47. The van der Waals surface area contributed by atoms with Crippen LogP contribution < -0.4 is 10.4 Å². The highest BCUT2D eigenvalue weighted by molar-refractivity contribution is 5.81. The predicted octanol–water partition coefficient (Wildman–Crippen LogP) is 4.30. The summed E-state index contributed by atoms with van der Waals surface area (Å²) >= 11 is 0. The predicted molar refractivity (Wildman–Crippen MR) is 87.5 cm³/mol. The average molecular weight is 294 g/mol. The summed E-state index contributed by atoms with van der Waals surface area (Å²) in [5, 5.41) is 0.929. The van der Waals surface area contributed by atoms with Gasteiger partial charge in [-0.1, -0.05) is 23.8 Å². The Bertz CT molecular complexity index is 891. The normalized spacial score (nSPS) is 10.9. The van der Waals surface area contributed by atoms with E-state index in [-0.39, 0.29) is 5.63 Å². The lowest BCUT2D eigenvalue weighted by atomic mass is 10.1. The van der Waals surface area contributed by atoms with Crippen molar-refractivity contribution in [1.29, 1.82) is 0 Å². The number of fused-ring (bicyclic) bond motifs is 1. The van der Waals surface area contributed by atoms with E-state index in [2.05, 4.69) is 32.0 Å². The zero-order valence-corrected chi connectivity index (χ0v) is 13.0. The van der Waals surface area contributed by atoms with Crippen molar-refractivity contribution >= 4 is 11.0 Å². The lowest BCUT2D eigenvalue weighted by Crippen LogP contribution is -2.00. The molecule has 0 aliphatic carbocycles. The zero-order chi connectivity index (χ0) is 15.7. The first-order valence-electron chi connectivity index (χ1n) is 7.26. The second kappa shape index (κ2) is 5.68. The minimum absolute atomic E-state index is 0.336. The van der Waals surface area contributed by atoms with E-state index in [4.69, 9.17) is 9.15 Å². The second-order valence-electron chi connectivity index (χ2n) is 5.63. The molecule has 0 N–H and O–H groups in total. The molecule has 2 aromatic carbocycles. The van der Waals surface area contributed by atoms with Gasteiger partial charge in [0.05, 0.1) is 0 Å². The molecule has 22 heavy (non-hydrogen) atoms. The fourth-order valence-electron chi connectivity index (χ4n) is 2.51. The van der Waals surface area contributed by atoms with Gasteiger partial charge in [0.2, 0.25) is 0 Å². The molecular formula is C19H18O3. The minimum Gasteiger partial charge on any atom is -0.489 e. The van der Waals surface area contributed by atoms with Crippen molar-refractivity contribution in [2.75, 3.05) is 0 Å². The third-order valence-corrected chi connectivity index (χ3v) is 3.82. The van der Waals surface area contributed by atoms with Gasteiger partial charge in [-0.05, 0) is 49.6 Å². The molecule has 0 aliphatic rings. The summed E-state index contributed by atoms with van der Waals surface area (Å²) in [6.45, 7) is 6.53. The van der Waals surface area contributed by atoms with Gasteiger partial charge in [-0.2, -0.15) is 0 Å². The number of rotatable bonds is 3. The standard InChI is InChI=1S/C19H18O3/c1-12-4-5-13(2)15(8-12)11-21-16-6-7-17-14(3)9-19(20)22-18(17)10-16/h4-10H,11H2,1-3H3. The van der Waals surface area contributed by atoms with Gasteiger partial charge < -0.3 is 9.15 Å². The molecule has 1 aromatic heterocycles. The first kappa shape index (κ1) is 14.4. The summed E-state index contributed by atoms with van der Waals surface area (Å²) in [7, 11) is 0. The quantitative estimate of drug-likeness (QED) is 0.676. The van der Waals surface area contributed by atoms with E-state index in [1.54, 1.807) is 6.07 Å². The summed E-state index contributed by atoms with van der Waals surface area (Å²) in [6.07, 6.45) is 0. The zero-order valence-electron chi connectivity index (χ0n) is 13.0. The number of aryl methyl sites for hydroxylation is 3. The molecule has 3 aromatic rings. The van der Waals surface area contributed by atoms with Crippen LogP contribution in [-0.2, 0) is 6.61 Å². The van der Waals surface area contributed by atoms with E-state index >= 15 is 0 Å². The SMILES string of the molecule is Cc1ccc(C)c(COc2ccc3c(C)cc(=O)oc3c2)c1. The van der Waals surface area contributed by atoms with Crippen LogP contribution in [0.25, 0.3) is 11.0 Å². The van der Waals surface area contributed by atoms with E-state index in [0.29, 0.717) is 17.9 Å². The van der Waals surface area contributed by atoms with E-state index in [9.17, 15) is 4.79 Å². The molecule has 0 saturated heterocycles. The fourth-order valence-corrected chi connectivity index (χ4v) is 2.51. The molecule has 3 nitrogen and oxygen atoms in total. The van der Waals surface area contributed by atoms with Gasteiger partial charge >= 0.3 is 5.63 Å². The van der Waals surface area contributed by atoms with Crippen LogP contribution >= 0.6 is 0 Å². The Labute approximate surface area is 129 Å². The highest BCUT2D eigenvalue weighted by Gasteiger charge is 2.05. The molecule has 0 amide bonds. The number of hydrogen-bond acceptors (Lipinski definition) is 3. The Morgan fingerprint density at radius 2 is 1.77 bits per heavy atom. The van der Waals surface area contributed by atoms with Crippen LogP contribution in [0, 0.1) is 20.8 Å². The number of ether oxygens (including phenoxy) is 1. The molecule has 0 spiro atoms. The van der Waals surface area contributed by atoms with Crippen LogP contribution in [0.3, 0.4) is 0 Å². The smallest absolute Gasteiger partial charge is 0.336 e. The molecule has 0 bridgehead atoms. The van der Waals surface area contributed by atoms with Gasteiger partial charge in [0, 0.05) is 17.5 Å². The molecule has 112 valence electrons. The van der Waals surface area contributed by atoms with Crippen LogP contribution in [0.2, 0.25) is 0 Å². The Balaban J connectivity index is 1.88. The van der Waals surface area contributed by atoms with Gasteiger partial charge in [-0.15, -0.1) is 0 Å². The summed E-state index contributed by atoms with van der Waals surface area (Å²) in [5.41, 5.74) is 4.70. The van der Waals surface area contributed by atoms with Crippen LogP contribution in [-0.4, -0.2) is 0 Å². The second-order valence-corrected chi connectivity index (χ2v) is 5.63. The van der Waals surface area contributed by atoms with Crippen LogP contribution in [0.1, 0.15) is 22.3 Å². The molecule has 0 atom stereocenters. The van der Waals surface area contributed by atoms with Gasteiger partial charge in [-0.25, -0.2) is 4.79 Å². The van der Waals surface area contributed by atoms with Gasteiger partial charge in [0.1, 0.15) is 17.9 Å². The first-order chi connectivity index (χ1) is 10.5. The molecule has 3 heteroatoms. The van der Waals surface area contributed by atoms with E-state index in [0.717, 1.165) is 16.5 Å². The molecule has 0 unspecified atom stereocenters. The first-order valence-corrected chi connectivity index (χ1v) is 7.26. The van der Waals surface area contributed by atoms with Crippen LogP contribution in [0.15, 0.2) is 51.7 Å². The summed E-state index contributed by atoms with van der Waals surface area (Å²) < 4.78 is 11.1. The Morgan fingerprint density at radius 3 is 2.59 bits per heavy atom. The number of hydrogen-bond donors (Lipinski definition) is 0. The largest absolute Gasteiger partial charge is 0.489 e. The van der Waals surface area contributed by atoms with Crippen molar-refractivity contribution in [2.24, 2.45) is 0 Å². The maximum atomic E-state index is 11.5. The maximum Gasteiger partial charge on any atom is 0.336 e. The minimum atomic E-state index is -0.336.